The molecule has 0 amide bonds. The fourth-order valence-corrected chi connectivity index (χ4v) is 5.20. The third-order valence-electron chi connectivity index (χ3n) is 10.7. The Morgan fingerprint density at radius 1 is 0.606 bits per heavy atom. The van der Waals surface area contributed by atoms with Gasteiger partial charge in [0.05, 0.1) is 22.4 Å². The van der Waals surface area contributed by atoms with E-state index in [0.717, 1.165) is 29.1 Å². The molecule has 5 heterocycles. The van der Waals surface area contributed by atoms with Gasteiger partial charge in [0.1, 0.15) is 0 Å². The summed E-state index contributed by atoms with van der Waals surface area (Å²) in [5.74, 6) is -3.89. The number of hydrogen-bond acceptors (Lipinski definition) is 12. The predicted molar refractivity (Wildman–Crippen MR) is 241 cm³/mol. The van der Waals surface area contributed by atoms with E-state index in [0.29, 0.717) is 23.9 Å². The van der Waals surface area contributed by atoms with Crippen LogP contribution in [0.2, 0.25) is 19.6 Å². The highest BCUT2D eigenvalue weighted by molar-refractivity contribution is 9.10. The number of halogens is 11. The molecule has 12 nitrogen and oxygen atoms in total. The lowest BCUT2D eigenvalue weighted by atomic mass is 9.49. The summed E-state index contributed by atoms with van der Waals surface area (Å²) in [6, 6.07) is 3.76. The van der Waals surface area contributed by atoms with Crippen LogP contribution < -0.4 is 5.46 Å². The first-order chi connectivity index (χ1) is 29.2. The van der Waals surface area contributed by atoms with Crippen LogP contribution in [0.4, 0.5) is 39.5 Å². The number of hydrogen-bond donors (Lipinski definition) is 4. The van der Waals surface area contributed by atoms with Gasteiger partial charge in [0.2, 0.25) is 0 Å². The van der Waals surface area contributed by atoms with E-state index >= 15 is 0 Å². The van der Waals surface area contributed by atoms with E-state index in [2.05, 4.69) is 46.8 Å². The number of rotatable bonds is 5. The Labute approximate surface area is 397 Å². The van der Waals surface area contributed by atoms with Crippen LogP contribution in [0.3, 0.4) is 0 Å². The molecule has 27 heteroatoms. The highest BCUT2D eigenvalue weighted by Crippen LogP contribution is 2.43. The number of Topliss-reactive ketones (excluding diaryl/α,β-unsaturated/α-hetero) is 1. The monoisotopic (exact) mass is 1100 g/mol. The van der Waals surface area contributed by atoms with Crippen molar-refractivity contribution in [1.29, 1.82) is 0 Å². The van der Waals surface area contributed by atoms with Crippen molar-refractivity contribution >= 4 is 72.3 Å². The van der Waals surface area contributed by atoms with Crippen LogP contribution in [0.1, 0.15) is 97.6 Å². The van der Waals surface area contributed by atoms with Crippen LogP contribution in [0.25, 0.3) is 0 Å². The molecule has 0 spiro atoms. The molecule has 2 aliphatic heterocycles. The molecule has 5 rings (SSSR count). The average Bonchev–Trinajstić information content (AvgIpc) is 3.50. The van der Waals surface area contributed by atoms with Crippen LogP contribution in [0.5, 0.6) is 0 Å². The molecule has 66 heavy (non-hydrogen) atoms. The predicted octanol–water partition coefficient (Wildman–Crippen LogP) is 8.87. The van der Waals surface area contributed by atoms with E-state index in [1.807, 2.05) is 55.4 Å². The molecular formula is C39H55B3Br2F9N3O9Si. The molecule has 2 aliphatic rings. The SMILES string of the molecule is CC(=O)c1cncc(Br)c1.CC(O)(c1cncc(B(O)O)c1)C(F)(F)F.CC(O)(c1cncc(Br)c1)C(F)(F)F.CC1(C)OB(B2OC(C)(C)C(C)(C)O2)OC1(C)C.C[Si](C)(C)C(F)(F)F. The summed E-state index contributed by atoms with van der Waals surface area (Å²) in [7, 11) is -5.74. The lowest BCUT2D eigenvalue weighted by molar-refractivity contribution is -0.259. The van der Waals surface area contributed by atoms with Crippen LogP contribution in [0.15, 0.2) is 64.3 Å². The summed E-state index contributed by atoms with van der Waals surface area (Å²) in [5.41, 5.74) is -7.82. The minimum absolute atomic E-state index is 0.0359. The minimum atomic E-state index is -4.87. The fourth-order valence-electron chi connectivity index (χ4n) is 4.47. The summed E-state index contributed by atoms with van der Waals surface area (Å²) >= 11 is 6.20. The number of pyridine rings is 3. The van der Waals surface area contributed by atoms with Crippen molar-refractivity contribution in [3.63, 3.8) is 0 Å². The minimum Gasteiger partial charge on any atom is -0.423 e. The van der Waals surface area contributed by atoms with Crippen molar-refractivity contribution in [1.82, 2.24) is 15.0 Å². The number of aliphatic hydroxyl groups is 2. The van der Waals surface area contributed by atoms with Gasteiger partial charge in [0, 0.05) is 68.3 Å². The zero-order valence-corrected chi connectivity index (χ0v) is 42.9. The standard InChI is InChI=1S/C12H24B2O4.C8H9BF3NO3.C8H7BrF3NO.C7H6BrNO.C4H9F3Si/c1-9(2)10(3,4)16-13(15-9)14-17-11(5,6)12(7,8)18-14;1-7(14,8(10,11)12)5-2-6(9(15)16)4-13-3-5;1-7(14,8(10,11)12)5-2-6(9)4-13-3-5;1-5(10)6-2-7(8)4-9-3-6;1-8(2,3)4(5,6)7/h1-8H3;2-4,14-16H,1H3;2-4,14H,1H3;2-4H,1H3;1-3H3. The maximum Gasteiger partial charge on any atom is 0.490 e. The van der Waals surface area contributed by atoms with E-state index in [-0.39, 0.29) is 39.2 Å². The third-order valence-corrected chi connectivity index (χ3v) is 13.3. The summed E-state index contributed by atoms with van der Waals surface area (Å²) in [6.45, 7) is 22.8. The van der Waals surface area contributed by atoms with Gasteiger partial charge in [0.15, 0.2) is 25.1 Å². The Kier molecular flexibility index (Phi) is 20.6. The second kappa shape index (κ2) is 22.1. The van der Waals surface area contributed by atoms with E-state index in [1.54, 1.807) is 18.5 Å². The highest BCUT2D eigenvalue weighted by atomic mass is 79.9. The van der Waals surface area contributed by atoms with Gasteiger partial charge in [-0.1, -0.05) is 25.7 Å². The van der Waals surface area contributed by atoms with E-state index in [1.165, 1.54) is 38.8 Å². The lowest BCUT2D eigenvalue weighted by Crippen LogP contribution is -2.41. The van der Waals surface area contributed by atoms with Gasteiger partial charge in [-0.3, -0.25) is 19.7 Å². The van der Waals surface area contributed by atoms with Gasteiger partial charge in [0.25, 0.3) is 0 Å². The second-order valence-corrected chi connectivity index (χ2v) is 25.3. The van der Waals surface area contributed by atoms with Crippen molar-refractivity contribution in [2.24, 2.45) is 0 Å². The molecule has 2 atom stereocenters. The summed E-state index contributed by atoms with van der Waals surface area (Å²) < 4.78 is 134. The average molecular weight is 1100 g/mol. The first kappa shape index (κ1) is 61.6. The second-order valence-electron chi connectivity index (χ2n) is 18.4. The Bertz CT molecular complexity index is 2000. The van der Waals surface area contributed by atoms with Gasteiger partial charge in [-0.15, -0.1) is 0 Å². The maximum absolute atomic E-state index is 12.4. The highest BCUT2D eigenvalue weighted by Gasteiger charge is 2.64. The van der Waals surface area contributed by atoms with E-state index < -0.39 is 64.1 Å². The maximum atomic E-state index is 12.4. The summed E-state index contributed by atoms with van der Waals surface area (Å²) in [6.07, 6.45) is -2.24. The van der Waals surface area contributed by atoms with Crippen molar-refractivity contribution in [3.8, 4) is 0 Å². The molecule has 370 valence electrons. The van der Waals surface area contributed by atoms with Crippen molar-refractivity contribution in [3.05, 3.63) is 81.0 Å². The van der Waals surface area contributed by atoms with Gasteiger partial charge in [-0.05, 0) is 120 Å². The lowest BCUT2D eigenvalue weighted by Gasteiger charge is -2.32. The molecule has 4 N–H and O–H groups in total. The van der Waals surface area contributed by atoms with Gasteiger partial charge < -0.3 is 38.9 Å². The smallest absolute Gasteiger partial charge is 0.423 e. The van der Waals surface area contributed by atoms with Crippen LogP contribution in [-0.2, 0) is 29.8 Å². The van der Waals surface area contributed by atoms with Crippen LogP contribution in [-0.4, -0.2) is 111 Å². The number of alkyl halides is 9. The van der Waals surface area contributed by atoms with Crippen molar-refractivity contribution in [2.75, 3.05) is 0 Å². The quantitative estimate of drug-likeness (QED) is 0.109. The third kappa shape index (κ3) is 16.6. The Morgan fingerprint density at radius 2 is 0.909 bits per heavy atom. The molecule has 2 saturated heterocycles. The number of nitrogens with zero attached hydrogens (tertiary/aromatic N) is 3. The summed E-state index contributed by atoms with van der Waals surface area (Å²) in [4.78, 5) is 21.5. The Morgan fingerprint density at radius 3 is 1.17 bits per heavy atom. The normalized spacial score (nSPS) is 19.2. The van der Waals surface area contributed by atoms with E-state index in [4.69, 9.17) is 28.7 Å². The van der Waals surface area contributed by atoms with Crippen LogP contribution >= 0.6 is 31.9 Å². The molecule has 0 bridgehead atoms. The molecule has 3 aromatic rings. The topological polar surface area (TPSA) is 174 Å². The van der Waals surface area contributed by atoms with Gasteiger partial charge in [-0.2, -0.15) is 39.5 Å². The zero-order valence-electron chi connectivity index (χ0n) is 38.8. The van der Waals surface area contributed by atoms with E-state index in [9.17, 15) is 54.5 Å². The van der Waals surface area contributed by atoms with Crippen molar-refractivity contribution < 1.29 is 83.2 Å². The molecule has 0 saturated carbocycles. The molecule has 2 fully saturated rings. The van der Waals surface area contributed by atoms with Crippen molar-refractivity contribution in [2.45, 2.75) is 148 Å². The fraction of sp³-hybridized carbons (Fsp3) is 0.590. The molecular weight excluding hydrogens is 1050 g/mol. The number of carbonyl (C=O) groups excluding carboxylic acids is 1. The Balaban J connectivity index is 0.000000424. The molecule has 2 unspecified atom stereocenters. The largest absolute Gasteiger partial charge is 0.490 e. The summed E-state index contributed by atoms with van der Waals surface area (Å²) in [5, 5.41) is 36.1. The molecule has 0 aliphatic carbocycles. The first-order valence-electron chi connectivity index (χ1n) is 19.6. The number of aromatic nitrogens is 3. The molecule has 0 aromatic carbocycles. The zero-order chi connectivity index (χ0) is 52.1. The molecule has 3 aromatic heterocycles. The Hall–Kier alpha value is -2.46. The number of ketones is 1. The van der Waals surface area contributed by atoms with Gasteiger partial charge >= 0.3 is 39.3 Å². The first-order valence-corrected chi connectivity index (χ1v) is 24.7. The number of carbonyl (C=O) groups is 1. The molecule has 0 radical (unpaired) electrons. The van der Waals surface area contributed by atoms with Crippen LogP contribution in [0, 0.1) is 0 Å². The van der Waals surface area contributed by atoms with Gasteiger partial charge in [-0.25, -0.2) is 0 Å².